The topological polar surface area (TPSA) is 73.0 Å². The molecule has 2 heterocycles. The average molecular weight is 495 g/mol. The molecule has 5 aromatic rings. The fraction of sp³-hybridized carbons (Fsp3) is 0.138. The summed E-state index contributed by atoms with van der Waals surface area (Å²) in [6, 6.07) is 28.1. The number of aromatic nitrogens is 3. The lowest BCUT2D eigenvalue weighted by Crippen LogP contribution is -2.23. The second kappa shape index (κ2) is 11.1. The van der Waals surface area contributed by atoms with Gasteiger partial charge >= 0.3 is 0 Å². The Balaban J connectivity index is 1.26. The molecule has 6 nitrogen and oxygen atoms in total. The lowest BCUT2D eigenvalue weighted by atomic mass is 9.98. The molecule has 5 rings (SSSR count). The van der Waals surface area contributed by atoms with Crippen LogP contribution in [0.2, 0.25) is 0 Å². The maximum absolute atomic E-state index is 13.1. The molecule has 36 heavy (non-hydrogen) atoms. The van der Waals surface area contributed by atoms with Crippen LogP contribution in [0.25, 0.3) is 11.1 Å². The first-order valence-electron chi connectivity index (χ1n) is 11.7. The summed E-state index contributed by atoms with van der Waals surface area (Å²) in [6.07, 6.45) is 3.74. The van der Waals surface area contributed by atoms with Crippen molar-refractivity contribution in [3.63, 3.8) is 0 Å². The molecule has 3 aromatic carbocycles. The maximum Gasteiger partial charge on any atom is 0.252 e. The Morgan fingerprint density at radius 1 is 1.00 bits per heavy atom. The van der Waals surface area contributed by atoms with Gasteiger partial charge in [-0.05, 0) is 47.4 Å². The number of rotatable bonds is 9. The number of nitrogens with one attached hydrogen (secondary N) is 1. The van der Waals surface area contributed by atoms with E-state index < -0.39 is 0 Å². The molecule has 180 valence electrons. The van der Waals surface area contributed by atoms with E-state index in [1.54, 1.807) is 18.0 Å². The quantitative estimate of drug-likeness (QED) is 0.250. The van der Waals surface area contributed by atoms with Gasteiger partial charge in [-0.15, -0.1) is 11.8 Å². The Morgan fingerprint density at radius 3 is 2.58 bits per heavy atom. The third-order valence-corrected chi connectivity index (χ3v) is 6.90. The molecule has 0 spiro atoms. The van der Waals surface area contributed by atoms with Crippen LogP contribution in [0.1, 0.15) is 32.9 Å². The van der Waals surface area contributed by atoms with Crippen molar-refractivity contribution in [1.82, 2.24) is 20.3 Å². The Labute approximate surface area is 214 Å². The highest BCUT2D eigenvalue weighted by molar-refractivity contribution is 7.98. The minimum Gasteiger partial charge on any atom is -0.360 e. The summed E-state index contributed by atoms with van der Waals surface area (Å²) in [5.41, 5.74) is 5.96. The van der Waals surface area contributed by atoms with E-state index in [1.807, 2.05) is 66.3 Å². The number of hydrogen-bond donors (Lipinski definition) is 1. The van der Waals surface area contributed by atoms with Gasteiger partial charge in [0, 0.05) is 29.9 Å². The van der Waals surface area contributed by atoms with E-state index in [-0.39, 0.29) is 5.91 Å². The molecule has 1 amide bonds. The van der Waals surface area contributed by atoms with Gasteiger partial charge in [0.2, 0.25) is 0 Å². The van der Waals surface area contributed by atoms with Crippen molar-refractivity contribution in [3.05, 3.63) is 125 Å². The van der Waals surface area contributed by atoms with Crippen molar-refractivity contribution in [3.8, 4) is 11.1 Å². The van der Waals surface area contributed by atoms with E-state index in [9.17, 15) is 4.79 Å². The van der Waals surface area contributed by atoms with Gasteiger partial charge in [0.1, 0.15) is 5.76 Å². The highest BCUT2D eigenvalue weighted by Gasteiger charge is 2.13. The zero-order chi connectivity index (χ0) is 24.7. The van der Waals surface area contributed by atoms with E-state index in [2.05, 4.69) is 52.0 Å². The molecule has 0 radical (unpaired) electrons. The molecule has 1 N–H and O–H groups in total. The normalized spacial score (nSPS) is 10.9. The molecule has 0 aliphatic heterocycles. The Kier molecular flexibility index (Phi) is 7.28. The first kappa shape index (κ1) is 23.6. The second-order valence-electron chi connectivity index (χ2n) is 8.46. The summed E-state index contributed by atoms with van der Waals surface area (Å²) in [4.78, 5) is 14.0. The number of hydrogen-bond acceptors (Lipinski definition) is 5. The molecule has 2 aromatic heterocycles. The van der Waals surface area contributed by atoms with Crippen molar-refractivity contribution in [2.45, 2.75) is 30.7 Å². The molecule has 0 unspecified atom stereocenters. The predicted octanol–water partition coefficient (Wildman–Crippen LogP) is 6.12. The third kappa shape index (κ3) is 5.75. The van der Waals surface area contributed by atoms with E-state index in [4.69, 9.17) is 4.52 Å². The number of amides is 1. The van der Waals surface area contributed by atoms with Crippen molar-refractivity contribution < 1.29 is 9.32 Å². The molecule has 0 aliphatic carbocycles. The van der Waals surface area contributed by atoms with Gasteiger partial charge in [0.25, 0.3) is 5.91 Å². The van der Waals surface area contributed by atoms with Gasteiger partial charge in [-0.1, -0.05) is 65.8 Å². The molecule has 0 atom stereocenters. The molecule has 0 saturated heterocycles. The highest BCUT2D eigenvalue weighted by Crippen LogP contribution is 2.27. The summed E-state index contributed by atoms with van der Waals surface area (Å²) in [6.45, 7) is 3.06. The van der Waals surface area contributed by atoms with E-state index >= 15 is 0 Å². The first-order valence-corrected chi connectivity index (χ1v) is 12.7. The van der Waals surface area contributed by atoms with Crippen LogP contribution in [-0.2, 0) is 18.8 Å². The third-order valence-electron chi connectivity index (χ3n) is 5.80. The summed E-state index contributed by atoms with van der Waals surface area (Å²) in [7, 11) is 0. The summed E-state index contributed by atoms with van der Waals surface area (Å²) >= 11 is 1.57. The molecular formula is C29H26N4O2S. The number of nitrogens with zero attached hydrogens (tertiary/aromatic N) is 3. The SMILES string of the molecule is Cc1cc(CSc2ccccc2C(=O)NCc2ccccc2-c2ccc(Cn3cccn3)cc2)on1. The first-order chi connectivity index (χ1) is 17.7. The lowest BCUT2D eigenvalue weighted by molar-refractivity contribution is 0.0948. The van der Waals surface area contributed by atoms with Crippen LogP contribution in [0, 0.1) is 6.92 Å². The summed E-state index contributed by atoms with van der Waals surface area (Å²) in [5.74, 6) is 1.30. The number of aryl methyl sites for hydroxylation is 1. The smallest absolute Gasteiger partial charge is 0.252 e. The molecule has 0 aliphatic rings. The van der Waals surface area contributed by atoms with Crippen LogP contribution >= 0.6 is 11.8 Å². The standard InChI is InChI=1S/C29H26N4O2S/c1-21-17-25(35-32-21)20-36-28-10-5-4-9-27(28)29(34)30-18-24-7-2-3-8-26(24)23-13-11-22(12-14-23)19-33-16-6-15-31-33/h2-17H,18-20H2,1H3,(H,30,34). The van der Waals surface area contributed by atoms with Crippen LogP contribution < -0.4 is 5.32 Å². The van der Waals surface area contributed by atoms with Gasteiger partial charge in [-0.3, -0.25) is 9.48 Å². The Hall–Kier alpha value is -4.10. The lowest BCUT2D eigenvalue weighted by Gasteiger charge is -2.13. The van der Waals surface area contributed by atoms with Crippen LogP contribution in [0.15, 0.2) is 107 Å². The monoisotopic (exact) mass is 494 g/mol. The molecular weight excluding hydrogens is 468 g/mol. The minimum absolute atomic E-state index is 0.101. The average Bonchev–Trinajstić information content (AvgIpc) is 3.58. The summed E-state index contributed by atoms with van der Waals surface area (Å²) in [5, 5.41) is 11.3. The van der Waals surface area contributed by atoms with Crippen molar-refractivity contribution in [1.29, 1.82) is 0 Å². The van der Waals surface area contributed by atoms with Crippen LogP contribution in [0.4, 0.5) is 0 Å². The number of carbonyl (C=O) groups is 1. The largest absolute Gasteiger partial charge is 0.360 e. The number of thioether (sulfide) groups is 1. The zero-order valence-corrected chi connectivity index (χ0v) is 20.7. The zero-order valence-electron chi connectivity index (χ0n) is 19.9. The number of benzene rings is 3. The molecule has 7 heteroatoms. The van der Waals surface area contributed by atoms with Crippen LogP contribution in [0.5, 0.6) is 0 Å². The van der Waals surface area contributed by atoms with Gasteiger partial charge in [-0.2, -0.15) is 5.10 Å². The fourth-order valence-electron chi connectivity index (χ4n) is 4.01. The maximum atomic E-state index is 13.1. The van der Waals surface area contributed by atoms with Gasteiger partial charge in [-0.25, -0.2) is 0 Å². The van der Waals surface area contributed by atoms with E-state index in [1.165, 1.54) is 5.56 Å². The van der Waals surface area contributed by atoms with E-state index in [0.29, 0.717) is 17.9 Å². The minimum atomic E-state index is -0.101. The highest BCUT2D eigenvalue weighted by atomic mass is 32.2. The summed E-state index contributed by atoms with van der Waals surface area (Å²) < 4.78 is 7.21. The van der Waals surface area contributed by atoms with E-state index in [0.717, 1.165) is 39.6 Å². The molecule has 0 fully saturated rings. The predicted molar refractivity (Wildman–Crippen MR) is 142 cm³/mol. The fourth-order valence-corrected chi connectivity index (χ4v) is 4.94. The van der Waals surface area contributed by atoms with Crippen molar-refractivity contribution in [2.24, 2.45) is 0 Å². The Morgan fingerprint density at radius 2 is 1.81 bits per heavy atom. The second-order valence-corrected chi connectivity index (χ2v) is 9.48. The van der Waals surface area contributed by atoms with Gasteiger partial charge in [0.05, 0.1) is 23.6 Å². The van der Waals surface area contributed by atoms with Crippen molar-refractivity contribution in [2.75, 3.05) is 0 Å². The van der Waals surface area contributed by atoms with Gasteiger partial charge in [0.15, 0.2) is 0 Å². The Bertz CT molecular complexity index is 1440. The van der Waals surface area contributed by atoms with Crippen LogP contribution in [-0.4, -0.2) is 20.8 Å². The van der Waals surface area contributed by atoms with Crippen molar-refractivity contribution >= 4 is 17.7 Å². The number of carbonyl (C=O) groups excluding carboxylic acids is 1. The molecule has 0 bridgehead atoms. The van der Waals surface area contributed by atoms with Gasteiger partial charge < -0.3 is 9.84 Å². The molecule has 0 saturated carbocycles. The van der Waals surface area contributed by atoms with Crippen LogP contribution in [0.3, 0.4) is 0 Å².